The summed E-state index contributed by atoms with van der Waals surface area (Å²) in [7, 11) is 1.64. The molecular formula is C24H29FN2O3S. The third kappa shape index (κ3) is 5.79. The molecule has 7 heteroatoms. The number of ether oxygens (including phenoxy) is 2. The maximum atomic E-state index is 14.1. The number of rotatable bonds is 7. The van der Waals surface area contributed by atoms with Crippen LogP contribution in [0.2, 0.25) is 0 Å². The highest BCUT2D eigenvalue weighted by molar-refractivity contribution is 7.99. The van der Waals surface area contributed by atoms with Crippen molar-refractivity contribution in [2.45, 2.75) is 31.7 Å². The van der Waals surface area contributed by atoms with Crippen molar-refractivity contribution in [3.63, 3.8) is 0 Å². The Balaban J connectivity index is 1.48. The monoisotopic (exact) mass is 444 g/mol. The normalized spacial score (nSPS) is 22.5. The number of methoxy groups -OCH3 is 1. The summed E-state index contributed by atoms with van der Waals surface area (Å²) in [5.41, 5.74) is 1.59. The summed E-state index contributed by atoms with van der Waals surface area (Å²) < 4.78 is 25.5. The maximum Gasteiger partial charge on any atom is 0.237 e. The van der Waals surface area contributed by atoms with Crippen LogP contribution in [0.25, 0.3) is 0 Å². The summed E-state index contributed by atoms with van der Waals surface area (Å²) in [6.45, 7) is 2.31. The molecule has 2 aliphatic heterocycles. The third-order valence-corrected chi connectivity index (χ3v) is 7.08. The number of benzene rings is 2. The van der Waals surface area contributed by atoms with E-state index in [0.717, 1.165) is 29.2 Å². The van der Waals surface area contributed by atoms with Gasteiger partial charge in [0.1, 0.15) is 11.6 Å². The molecule has 166 valence electrons. The van der Waals surface area contributed by atoms with Crippen molar-refractivity contribution in [3.05, 3.63) is 65.5 Å². The molecule has 2 aromatic carbocycles. The van der Waals surface area contributed by atoms with Crippen molar-refractivity contribution in [3.8, 4) is 5.75 Å². The van der Waals surface area contributed by atoms with Crippen LogP contribution in [-0.4, -0.2) is 66.1 Å². The zero-order valence-corrected chi connectivity index (χ0v) is 18.7. The van der Waals surface area contributed by atoms with Gasteiger partial charge in [-0.2, -0.15) is 11.8 Å². The van der Waals surface area contributed by atoms with Crippen LogP contribution < -0.4 is 4.74 Å². The zero-order chi connectivity index (χ0) is 21.6. The van der Waals surface area contributed by atoms with E-state index in [1.54, 1.807) is 19.2 Å². The van der Waals surface area contributed by atoms with E-state index in [0.29, 0.717) is 37.8 Å². The first-order chi connectivity index (χ1) is 15.1. The molecule has 2 fully saturated rings. The van der Waals surface area contributed by atoms with Gasteiger partial charge in [0.25, 0.3) is 0 Å². The molecule has 0 radical (unpaired) electrons. The van der Waals surface area contributed by atoms with E-state index in [1.165, 1.54) is 6.07 Å². The minimum absolute atomic E-state index is 0.115. The minimum atomic E-state index is -0.258. The van der Waals surface area contributed by atoms with Crippen molar-refractivity contribution >= 4 is 17.7 Å². The van der Waals surface area contributed by atoms with Crippen LogP contribution >= 0.6 is 11.8 Å². The van der Waals surface area contributed by atoms with Gasteiger partial charge in [-0.25, -0.2) is 4.39 Å². The lowest BCUT2D eigenvalue weighted by Gasteiger charge is -2.28. The van der Waals surface area contributed by atoms with Crippen LogP contribution in [0.5, 0.6) is 5.75 Å². The Morgan fingerprint density at radius 2 is 1.94 bits per heavy atom. The van der Waals surface area contributed by atoms with Gasteiger partial charge in [-0.1, -0.05) is 30.3 Å². The molecule has 0 bridgehead atoms. The SMILES string of the molecule is COc1ccc(CN2C[C@H](OCc3ccccc3F)CN([C@@H]3CCSC3)CC2=O)cc1. The van der Waals surface area contributed by atoms with Crippen molar-refractivity contribution < 1.29 is 18.7 Å². The highest BCUT2D eigenvalue weighted by atomic mass is 32.2. The van der Waals surface area contributed by atoms with Crippen molar-refractivity contribution in [2.24, 2.45) is 0 Å². The molecular weight excluding hydrogens is 415 g/mol. The van der Waals surface area contributed by atoms with Gasteiger partial charge in [0.15, 0.2) is 0 Å². The lowest BCUT2D eigenvalue weighted by atomic mass is 10.2. The molecule has 31 heavy (non-hydrogen) atoms. The first-order valence-corrected chi connectivity index (χ1v) is 11.9. The van der Waals surface area contributed by atoms with E-state index in [9.17, 15) is 9.18 Å². The van der Waals surface area contributed by atoms with Crippen molar-refractivity contribution in [1.29, 1.82) is 0 Å². The number of nitrogens with zero attached hydrogens (tertiary/aromatic N) is 2. The number of amides is 1. The molecule has 5 nitrogen and oxygen atoms in total. The van der Waals surface area contributed by atoms with Crippen LogP contribution in [0.15, 0.2) is 48.5 Å². The van der Waals surface area contributed by atoms with E-state index in [4.69, 9.17) is 9.47 Å². The van der Waals surface area contributed by atoms with Crippen molar-refractivity contribution in [1.82, 2.24) is 9.80 Å². The van der Waals surface area contributed by atoms with Crippen LogP contribution in [0.4, 0.5) is 4.39 Å². The van der Waals surface area contributed by atoms with Gasteiger partial charge in [-0.15, -0.1) is 0 Å². The predicted molar refractivity (Wildman–Crippen MR) is 121 cm³/mol. The summed E-state index contributed by atoms with van der Waals surface area (Å²) in [6.07, 6.45) is 0.922. The predicted octanol–water partition coefficient (Wildman–Crippen LogP) is 3.57. The van der Waals surface area contributed by atoms with Gasteiger partial charge in [-0.05, 0) is 35.9 Å². The summed E-state index contributed by atoms with van der Waals surface area (Å²) in [5, 5.41) is 0. The number of hydrogen-bond donors (Lipinski definition) is 0. The summed E-state index contributed by atoms with van der Waals surface area (Å²) in [6, 6.07) is 14.9. The molecule has 0 N–H and O–H groups in total. The van der Waals surface area contributed by atoms with Gasteiger partial charge in [-0.3, -0.25) is 9.69 Å². The molecule has 0 aliphatic carbocycles. The molecule has 0 spiro atoms. The van der Waals surface area contributed by atoms with E-state index in [2.05, 4.69) is 4.90 Å². The molecule has 0 unspecified atom stereocenters. The van der Waals surface area contributed by atoms with Crippen LogP contribution in [-0.2, 0) is 22.7 Å². The van der Waals surface area contributed by atoms with E-state index in [-0.39, 0.29) is 24.4 Å². The molecule has 2 heterocycles. The van der Waals surface area contributed by atoms with E-state index < -0.39 is 0 Å². The summed E-state index contributed by atoms with van der Waals surface area (Å²) in [5.74, 6) is 2.83. The Morgan fingerprint density at radius 1 is 1.13 bits per heavy atom. The average molecular weight is 445 g/mol. The molecule has 2 saturated heterocycles. The second kappa shape index (κ2) is 10.5. The van der Waals surface area contributed by atoms with Crippen LogP contribution in [0, 0.1) is 5.82 Å². The first kappa shape index (κ1) is 22.1. The second-order valence-corrected chi connectivity index (χ2v) is 9.24. The third-order valence-electron chi connectivity index (χ3n) is 5.94. The van der Waals surface area contributed by atoms with E-state index >= 15 is 0 Å². The number of carbonyl (C=O) groups excluding carboxylic acids is 1. The van der Waals surface area contributed by atoms with Crippen molar-refractivity contribution in [2.75, 3.05) is 38.2 Å². The lowest BCUT2D eigenvalue weighted by Crippen LogP contribution is -2.42. The first-order valence-electron chi connectivity index (χ1n) is 10.7. The number of hydrogen-bond acceptors (Lipinski definition) is 5. The fraction of sp³-hybridized carbons (Fsp3) is 0.458. The quantitative estimate of drug-likeness (QED) is 0.653. The number of halogens is 1. The Morgan fingerprint density at radius 3 is 2.65 bits per heavy atom. The number of carbonyl (C=O) groups is 1. The molecule has 0 aromatic heterocycles. The van der Waals surface area contributed by atoms with E-state index in [1.807, 2.05) is 47.0 Å². The summed E-state index contributed by atoms with van der Waals surface area (Å²) in [4.78, 5) is 17.3. The number of thioether (sulfide) groups is 1. The van der Waals surface area contributed by atoms with Crippen LogP contribution in [0.3, 0.4) is 0 Å². The Labute approximate surface area is 187 Å². The topological polar surface area (TPSA) is 42.0 Å². The van der Waals surface area contributed by atoms with Gasteiger partial charge >= 0.3 is 0 Å². The Bertz CT molecular complexity index is 873. The molecule has 2 atom stereocenters. The molecule has 2 aliphatic rings. The smallest absolute Gasteiger partial charge is 0.237 e. The fourth-order valence-corrected chi connectivity index (χ4v) is 5.38. The highest BCUT2D eigenvalue weighted by Gasteiger charge is 2.33. The molecule has 0 saturated carbocycles. The highest BCUT2D eigenvalue weighted by Crippen LogP contribution is 2.25. The Kier molecular flexibility index (Phi) is 7.48. The van der Waals surface area contributed by atoms with Gasteiger partial charge in [0.2, 0.25) is 5.91 Å². The Hall–Kier alpha value is -2.09. The second-order valence-electron chi connectivity index (χ2n) is 8.09. The van der Waals surface area contributed by atoms with Gasteiger partial charge in [0.05, 0.1) is 26.4 Å². The average Bonchev–Trinajstić information content (AvgIpc) is 3.27. The maximum absolute atomic E-state index is 14.1. The standard InChI is InChI=1S/C24H29FN2O3S/c1-29-21-8-6-18(7-9-21)12-27-14-22(30-16-19-4-2-3-5-23(19)25)13-26(15-24(27)28)20-10-11-31-17-20/h2-9,20,22H,10-17H2,1H3/t20-,22-/m1/s1. The fourth-order valence-electron chi connectivity index (χ4n) is 4.13. The van der Waals surface area contributed by atoms with Crippen LogP contribution in [0.1, 0.15) is 17.5 Å². The lowest BCUT2D eigenvalue weighted by molar-refractivity contribution is -0.132. The largest absolute Gasteiger partial charge is 0.497 e. The molecule has 2 aromatic rings. The van der Waals surface area contributed by atoms with Gasteiger partial charge < -0.3 is 14.4 Å². The van der Waals surface area contributed by atoms with Gasteiger partial charge in [0, 0.05) is 37.0 Å². The minimum Gasteiger partial charge on any atom is -0.497 e. The molecule has 4 rings (SSSR count). The molecule has 1 amide bonds. The zero-order valence-electron chi connectivity index (χ0n) is 17.8. The summed E-state index contributed by atoms with van der Waals surface area (Å²) >= 11 is 1.94.